The zero-order valence-electron chi connectivity index (χ0n) is 17.9. The highest BCUT2D eigenvalue weighted by Crippen LogP contribution is 2.49. The first-order valence-electron chi connectivity index (χ1n) is 10.2. The van der Waals surface area contributed by atoms with Gasteiger partial charge in [0.1, 0.15) is 0 Å². The van der Waals surface area contributed by atoms with E-state index < -0.39 is 85.6 Å². The summed E-state index contributed by atoms with van der Waals surface area (Å²) < 4.78 is 178. The van der Waals surface area contributed by atoms with Crippen molar-refractivity contribution in [3.05, 3.63) is 0 Å². The van der Waals surface area contributed by atoms with E-state index in [0.717, 1.165) is 0 Å². The second-order valence-corrected chi connectivity index (χ2v) is 8.19. The van der Waals surface area contributed by atoms with Crippen LogP contribution in [-0.2, 0) is 9.59 Å². The zero-order valence-corrected chi connectivity index (χ0v) is 17.9. The van der Waals surface area contributed by atoms with Gasteiger partial charge in [-0.2, -0.15) is 61.5 Å². The molecule has 0 aromatic heterocycles. The molecule has 18 heteroatoms. The second kappa shape index (κ2) is 10.8. The van der Waals surface area contributed by atoms with Gasteiger partial charge in [0.15, 0.2) is 0 Å². The molecule has 1 fully saturated rings. The molecule has 0 aliphatic heterocycles. The minimum absolute atomic E-state index is 0.00803. The van der Waals surface area contributed by atoms with Gasteiger partial charge in [0.05, 0.1) is 0 Å². The molecule has 1 aliphatic carbocycles. The van der Waals surface area contributed by atoms with E-state index >= 15 is 0 Å². The summed E-state index contributed by atoms with van der Waals surface area (Å²) in [5.74, 6) is -26.9. The third-order valence-corrected chi connectivity index (χ3v) is 5.42. The Balaban J connectivity index is 2.72. The zero-order chi connectivity index (χ0) is 28.4. The van der Waals surface area contributed by atoms with Crippen LogP contribution in [0.25, 0.3) is 0 Å². The summed E-state index contributed by atoms with van der Waals surface area (Å²) in [6.07, 6.45) is -19.9. The van der Waals surface area contributed by atoms with E-state index in [0.29, 0.717) is 12.8 Å². The molecule has 212 valence electrons. The molecule has 1 aliphatic rings. The van der Waals surface area contributed by atoms with Crippen LogP contribution in [0.5, 0.6) is 0 Å². The minimum Gasteiger partial charge on any atom is -0.351 e. The molecular weight excluding hydrogens is 542 g/mol. The van der Waals surface area contributed by atoms with Crippen molar-refractivity contribution in [1.29, 1.82) is 0 Å². The highest BCUT2D eigenvalue weighted by Gasteiger charge is 2.73. The summed E-state index contributed by atoms with van der Waals surface area (Å²) in [7, 11) is 0. The fourth-order valence-corrected chi connectivity index (χ4v) is 3.30. The smallest absolute Gasteiger partial charge is 0.351 e. The van der Waals surface area contributed by atoms with Crippen LogP contribution < -0.4 is 10.6 Å². The molecule has 0 unspecified atom stereocenters. The fourth-order valence-electron chi connectivity index (χ4n) is 3.30. The number of alkyl halides is 14. The summed E-state index contributed by atoms with van der Waals surface area (Å²) in [5.41, 5.74) is 0. The molecule has 2 amide bonds. The maximum Gasteiger partial charge on any atom is 0.459 e. The van der Waals surface area contributed by atoms with Crippen molar-refractivity contribution in [2.45, 2.75) is 99.5 Å². The standard InChI is InChI=1S/C18H20F14N2O2/c19-13(20,15(23,24)17(27,28)29)7-5-11(35)33-9-3-1-2-4-10(9)34-12(36)6-8-14(21,22)16(25,26)18(30,31)32/h9-10H,1-8H2,(H,33,35)(H,34,36)/t9-,10-/m1/s1. The van der Waals surface area contributed by atoms with Gasteiger partial charge in [-0.25, -0.2) is 0 Å². The molecule has 0 radical (unpaired) electrons. The maximum absolute atomic E-state index is 13.3. The number of amides is 2. The van der Waals surface area contributed by atoms with Crippen molar-refractivity contribution >= 4 is 11.8 Å². The molecule has 0 saturated heterocycles. The normalized spacial score (nSPS) is 20.7. The molecule has 0 aromatic carbocycles. The van der Waals surface area contributed by atoms with E-state index in [-0.39, 0.29) is 12.8 Å². The highest BCUT2D eigenvalue weighted by molar-refractivity contribution is 5.78. The predicted octanol–water partition coefficient (Wildman–Crippen LogP) is 5.76. The van der Waals surface area contributed by atoms with Gasteiger partial charge in [0, 0.05) is 37.8 Å². The van der Waals surface area contributed by atoms with Gasteiger partial charge in [0.2, 0.25) is 11.8 Å². The van der Waals surface area contributed by atoms with Crippen molar-refractivity contribution in [3.63, 3.8) is 0 Å². The SMILES string of the molecule is O=C(CCC(F)(F)C(F)(F)C(F)(F)F)N[C@@H]1CCCC[C@H]1NC(=O)CCC(F)(F)C(F)(F)C(F)(F)F. The quantitative estimate of drug-likeness (QED) is 0.333. The molecular formula is C18H20F14N2O2. The highest BCUT2D eigenvalue weighted by atomic mass is 19.4. The number of carbonyl (C=O) groups is 2. The molecule has 0 spiro atoms. The lowest BCUT2D eigenvalue weighted by Crippen LogP contribution is -2.55. The van der Waals surface area contributed by atoms with Gasteiger partial charge in [-0.05, 0) is 12.8 Å². The third-order valence-electron chi connectivity index (χ3n) is 5.42. The lowest BCUT2D eigenvalue weighted by molar-refractivity contribution is -0.355. The topological polar surface area (TPSA) is 58.2 Å². The molecule has 2 atom stereocenters. The van der Waals surface area contributed by atoms with E-state index in [9.17, 15) is 71.1 Å². The Kier molecular flexibility index (Phi) is 9.55. The van der Waals surface area contributed by atoms with Crippen molar-refractivity contribution < 1.29 is 71.1 Å². The van der Waals surface area contributed by atoms with Gasteiger partial charge in [-0.3, -0.25) is 9.59 Å². The molecule has 0 bridgehead atoms. The first kappa shape index (κ1) is 32.0. The van der Waals surface area contributed by atoms with Crippen LogP contribution in [0.3, 0.4) is 0 Å². The second-order valence-electron chi connectivity index (χ2n) is 8.19. The fraction of sp³-hybridized carbons (Fsp3) is 0.889. The van der Waals surface area contributed by atoms with Crippen LogP contribution in [-0.4, -0.2) is 59.9 Å². The summed E-state index contributed by atoms with van der Waals surface area (Å²) in [5, 5.41) is 4.05. The van der Waals surface area contributed by atoms with Crippen LogP contribution >= 0.6 is 0 Å². The summed E-state index contributed by atoms with van der Waals surface area (Å²) in [6.45, 7) is 0. The lowest BCUT2D eigenvalue weighted by Gasteiger charge is -2.33. The molecule has 0 heterocycles. The van der Waals surface area contributed by atoms with Crippen LogP contribution in [0.15, 0.2) is 0 Å². The molecule has 2 N–H and O–H groups in total. The van der Waals surface area contributed by atoms with Crippen molar-refractivity contribution in [3.8, 4) is 0 Å². The Morgan fingerprint density at radius 2 is 0.833 bits per heavy atom. The van der Waals surface area contributed by atoms with E-state index in [1.54, 1.807) is 0 Å². The Morgan fingerprint density at radius 1 is 0.556 bits per heavy atom. The molecule has 4 nitrogen and oxygen atoms in total. The van der Waals surface area contributed by atoms with Crippen molar-refractivity contribution in [1.82, 2.24) is 10.6 Å². The van der Waals surface area contributed by atoms with Gasteiger partial charge < -0.3 is 10.6 Å². The Morgan fingerprint density at radius 3 is 1.08 bits per heavy atom. The number of carbonyl (C=O) groups excluding carboxylic acids is 2. The predicted molar refractivity (Wildman–Crippen MR) is 92.7 cm³/mol. The van der Waals surface area contributed by atoms with E-state index in [1.165, 1.54) is 0 Å². The van der Waals surface area contributed by atoms with Gasteiger partial charge in [-0.1, -0.05) is 12.8 Å². The number of nitrogens with one attached hydrogen (secondary N) is 2. The summed E-state index contributed by atoms with van der Waals surface area (Å²) >= 11 is 0. The number of hydrogen-bond acceptors (Lipinski definition) is 2. The van der Waals surface area contributed by atoms with Crippen LogP contribution in [0.1, 0.15) is 51.4 Å². The monoisotopic (exact) mass is 562 g/mol. The van der Waals surface area contributed by atoms with E-state index in [2.05, 4.69) is 0 Å². The molecule has 1 rings (SSSR count). The van der Waals surface area contributed by atoms with Crippen LogP contribution in [0, 0.1) is 0 Å². The largest absolute Gasteiger partial charge is 0.459 e. The average Bonchev–Trinajstić information content (AvgIpc) is 2.70. The Bertz CT molecular complexity index is 715. The van der Waals surface area contributed by atoms with Crippen molar-refractivity contribution in [2.24, 2.45) is 0 Å². The summed E-state index contributed by atoms with van der Waals surface area (Å²) in [4.78, 5) is 23.7. The van der Waals surface area contributed by atoms with E-state index in [1.807, 2.05) is 10.6 Å². The molecule has 36 heavy (non-hydrogen) atoms. The van der Waals surface area contributed by atoms with Gasteiger partial charge >= 0.3 is 36.0 Å². The Hall–Kier alpha value is -2.04. The summed E-state index contributed by atoms with van der Waals surface area (Å²) in [6, 6.07) is -2.27. The van der Waals surface area contributed by atoms with Crippen LogP contribution in [0.2, 0.25) is 0 Å². The van der Waals surface area contributed by atoms with Gasteiger partial charge in [0.25, 0.3) is 0 Å². The number of hydrogen-bond donors (Lipinski definition) is 2. The first-order chi connectivity index (χ1) is 16.0. The third kappa shape index (κ3) is 7.26. The van der Waals surface area contributed by atoms with E-state index in [4.69, 9.17) is 0 Å². The van der Waals surface area contributed by atoms with Gasteiger partial charge in [-0.15, -0.1) is 0 Å². The lowest BCUT2D eigenvalue weighted by atomic mass is 9.89. The number of halogens is 14. The van der Waals surface area contributed by atoms with Crippen molar-refractivity contribution in [2.75, 3.05) is 0 Å². The number of rotatable bonds is 10. The maximum atomic E-state index is 13.3. The minimum atomic E-state index is -6.59. The Labute approximate surface area is 194 Å². The molecule has 1 saturated carbocycles. The van der Waals surface area contributed by atoms with Crippen LogP contribution in [0.4, 0.5) is 61.5 Å². The average molecular weight is 562 g/mol. The first-order valence-corrected chi connectivity index (χ1v) is 10.2. The molecule has 0 aromatic rings.